The van der Waals surface area contributed by atoms with Gasteiger partial charge in [-0.3, -0.25) is 4.98 Å². The fraction of sp³-hybridized carbons (Fsp3) is 0.667. The molecule has 3 heteroatoms. The summed E-state index contributed by atoms with van der Waals surface area (Å²) in [5, 5.41) is 0. The zero-order chi connectivity index (χ0) is 12.8. The maximum Gasteiger partial charge on any atom is 0.0429 e. The van der Waals surface area contributed by atoms with Crippen molar-refractivity contribution in [2.24, 2.45) is 5.73 Å². The van der Waals surface area contributed by atoms with Gasteiger partial charge in [0.25, 0.3) is 0 Å². The zero-order valence-corrected chi connectivity index (χ0v) is 11.4. The normalized spacial score (nSPS) is 16.8. The quantitative estimate of drug-likeness (QED) is 0.870. The molecule has 1 aromatic rings. The lowest BCUT2D eigenvalue weighted by Gasteiger charge is -2.37. The second-order valence-corrected chi connectivity index (χ2v) is 5.29. The van der Waals surface area contributed by atoms with E-state index in [9.17, 15) is 0 Å². The van der Waals surface area contributed by atoms with Crippen LogP contribution in [0.5, 0.6) is 0 Å². The van der Waals surface area contributed by atoms with Crippen molar-refractivity contribution >= 4 is 5.69 Å². The fourth-order valence-corrected chi connectivity index (χ4v) is 2.94. The molecule has 0 unspecified atom stereocenters. The molecular weight excluding hydrogens is 222 g/mol. The first-order chi connectivity index (χ1) is 8.83. The van der Waals surface area contributed by atoms with Crippen molar-refractivity contribution in [1.82, 2.24) is 4.98 Å². The molecule has 1 aliphatic carbocycles. The van der Waals surface area contributed by atoms with Crippen LogP contribution in [0.4, 0.5) is 5.69 Å². The van der Waals surface area contributed by atoms with E-state index in [-0.39, 0.29) is 0 Å². The van der Waals surface area contributed by atoms with E-state index in [1.807, 2.05) is 12.4 Å². The second-order valence-electron chi connectivity index (χ2n) is 5.29. The summed E-state index contributed by atoms with van der Waals surface area (Å²) in [4.78, 5) is 6.77. The predicted octanol–water partition coefficient (Wildman–Crippen LogP) is 2.88. The van der Waals surface area contributed by atoms with Gasteiger partial charge in [-0.2, -0.15) is 0 Å². The summed E-state index contributed by atoms with van der Waals surface area (Å²) in [6.45, 7) is 4.00. The smallest absolute Gasteiger partial charge is 0.0429 e. The third-order valence-electron chi connectivity index (χ3n) is 3.92. The lowest BCUT2D eigenvalue weighted by molar-refractivity contribution is 0.412. The van der Waals surface area contributed by atoms with Crippen molar-refractivity contribution in [2.45, 2.75) is 51.5 Å². The monoisotopic (exact) mass is 247 g/mol. The van der Waals surface area contributed by atoms with E-state index in [1.165, 1.54) is 43.4 Å². The summed E-state index contributed by atoms with van der Waals surface area (Å²) < 4.78 is 0. The molecule has 0 aliphatic heterocycles. The maximum atomic E-state index is 5.68. The summed E-state index contributed by atoms with van der Waals surface area (Å²) in [6, 6.07) is 2.85. The van der Waals surface area contributed by atoms with Crippen LogP contribution in [0.3, 0.4) is 0 Å². The first-order valence-corrected chi connectivity index (χ1v) is 7.20. The van der Waals surface area contributed by atoms with Gasteiger partial charge in [-0.15, -0.1) is 0 Å². The Bertz CT molecular complexity index is 359. The average molecular weight is 247 g/mol. The number of nitrogens with zero attached hydrogens (tertiary/aromatic N) is 2. The van der Waals surface area contributed by atoms with Crippen molar-refractivity contribution in [3.63, 3.8) is 0 Å². The molecule has 1 fully saturated rings. The van der Waals surface area contributed by atoms with Crippen LogP contribution in [-0.2, 0) is 0 Å². The minimum atomic E-state index is 0.700. The molecule has 3 nitrogen and oxygen atoms in total. The Morgan fingerprint density at radius 2 is 2.11 bits per heavy atom. The minimum Gasteiger partial charge on any atom is -0.368 e. The molecular formula is C15H25N3. The van der Waals surface area contributed by atoms with Crippen LogP contribution in [0.15, 0.2) is 18.5 Å². The van der Waals surface area contributed by atoms with Crippen molar-refractivity contribution < 1.29 is 0 Å². The molecule has 1 heterocycles. The Labute approximate surface area is 110 Å². The molecule has 0 radical (unpaired) electrons. The summed E-state index contributed by atoms with van der Waals surface area (Å²) in [6.07, 6.45) is 11.7. The van der Waals surface area contributed by atoms with Crippen LogP contribution >= 0.6 is 0 Å². The molecule has 0 amide bonds. The number of rotatable bonds is 5. The molecule has 1 aliphatic rings. The van der Waals surface area contributed by atoms with Crippen LogP contribution in [-0.4, -0.2) is 24.1 Å². The maximum absolute atomic E-state index is 5.68. The highest BCUT2D eigenvalue weighted by Gasteiger charge is 2.21. The summed E-state index contributed by atoms with van der Waals surface area (Å²) in [5.41, 5.74) is 8.31. The Hall–Kier alpha value is -1.09. The summed E-state index contributed by atoms with van der Waals surface area (Å²) in [5.74, 6) is 0. The van der Waals surface area contributed by atoms with Gasteiger partial charge in [0.2, 0.25) is 0 Å². The highest BCUT2D eigenvalue weighted by molar-refractivity contribution is 5.52. The molecule has 0 aromatic carbocycles. The number of hydrogen-bond acceptors (Lipinski definition) is 3. The molecule has 1 aromatic heterocycles. The van der Waals surface area contributed by atoms with Gasteiger partial charge in [-0.05, 0) is 44.4 Å². The topological polar surface area (TPSA) is 42.2 Å². The number of nitrogens with two attached hydrogens (primary N) is 1. The minimum absolute atomic E-state index is 0.700. The largest absolute Gasteiger partial charge is 0.368 e. The molecule has 2 N–H and O–H groups in total. The van der Waals surface area contributed by atoms with Gasteiger partial charge in [0.15, 0.2) is 0 Å². The Morgan fingerprint density at radius 1 is 1.33 bits per heavy atom. The van der Waals surface area contributed by atoms with Crippen LogP contribution in [0.25, 0.3) is 0 Å². The van der Waals surface area contributed by atoms with Crippen molar-refractivity contribution in [3.05, 3.63) is 24.0 Å². The van der Waals surface area contributed by atoms with Gasteiger partial charge in [-0.1, -0.05) is 19.3 Å². The number of aromatic nitrogens is 1. The van der Waals surface area contributed by atoms with E-state index in [1.54, 1.807) is 0 Å². The van der Waals surface area contributed by atoms with Crippen molar-refractivity contribution in [1.29, 1.82) is 0 Å². The summed E-state index contributed by atoms with van der Waals surface area (Å²) >= 11 is 0. The first kappa shape index (κ1) is 13.3. The van der Waals surface area contributed by atoms with Gasteiger partial charge in [0.1, 0.15) is 0 Å². The van der Waals surface area contributed by atoms with Crippen LogP contribution in [0.2, 0.25) is 0 Å². The predicted molar refractivity (Wildman–Crippen MR) is 76.9 cm³/mol. The lowest BCUT2D eigenvalue weighted by atomic mass is 9.93. The van der Waals surface area contributed by atoms with E-state index in [2.05, 4.69) is 22.9 Å². The molecule has 0 atom stereocenters. The van der Waals surface area contributed by atoms with Gasteiger partial charge in [-0.25, -0.2) is 0 Å². The standard InChI is InChI=1S/C15H25N3/c1-13-12-17-10-8-15(13)18(11-5-9-16)14-6-3-2-4-7-14/h8,10,12,14H,2-7,9,11,16H2,1H3. The molecule has 0 saturated heterocycles. The fourth-order valence-electron chi connectivity index (χ4n) is 2.94. The second kappa shape index (κ2) is 6.74. The van der Waals surface area contributed by atoms with Gasteiger partial charge in [0, 0.05) is 30.7 Å². The van der Waals surface area contributed by atoms with Gasteiger partial charge < -0.3 is 10.6 Å². The Morgan fingerprint density at radius 3 is 2.78 bits per heavy atom. The van der Waals surface area contributed by atoms with E-state index in [0.29, 0.717) is 6.04 Å². The third-order valence-corrected chi connectivity index (χ3v) is 3.92. The highest BCUT2D eigenvalue weighted by Crippen LogP contribution is 2.29. The van der Waals surface area contributed by atoms with Crippen LogP contribution in [0, 0.1) is 6.92 Å². The molecule has 1 saturated carbocycles. The van der Waals surface area contributed by atoms with Crippen LogP contribution < -0.4 is 10.6 Å². The van der Waals surface area contributed by atoms with Gasteiger partial charge in [0.05, 0.1) is 0 Å². The molecule has 18 heavy (non-hydrogen) atoms. The summed E-state index contributed by atoms with van der Waals surface area (Å²) in [7, 11) is 0. The lowest BCUT2D eigenvalue weighted by Crippen LogP contribution is -2.38. The molecule has 100 valence electrons. The Balaban J connectivity index is 2.15. The zero-order valence-electron chi connectivity index (χ0n) is 11.4. The van der Waals surface area contributed by atoms with Crippen molar-refractivity contribution in [2.75, 3.05) is 18.0 Å². The van der Waals surface area contributed by atoms with Gasteiger partial charge >= 0.3 is 0 Å². The van der Waals surface area contributed by atoms with E-state index >= 15 is 0 Å². The highest BCUT2D eigenvalue weighted by atomic mass is 15.2. The number of hydrogen-bond donors (Lipinski definition) is 1. The SMILES string of the molecule is Cc1cnccc1N(CCCN)C1CCCCC1. The first-order valence-electron chi connectivity index (χ1n) is 7.20. The third kappa shape index (κ3) is 3.22. The van der Waals surface area contributed by atoms with E-state index in [0.717, 1.165) is 19.5 Å². The van der Waals surface area contributed by atoms with E-state index in [4.69, 9.17) is 5.73 Å². The number of anilines is 1. The van der Waals surface area contributed by atoms with E-state index < -0.39 is 0 Å². The molecule has 0 spiro atoms. The molecule has 2 rings (SSSR count). The number of pyridine rings is 1. The molecule has 0 bridgehead atoms. The average Bonchev–Trinajstić information content (AvgIpc) is 2.42. The Kier molecular flexibility index (Phi) is 5.00. The van der Waals surface area contributed by atoms with Crippen LogP contribution in [0.1, 0.15) is 44.1 Å². The number of aryl methyl sites for hydroxylation is 1. The van der Waals surface area contributed by atoms with Crippen molar-refractivity contribution in [3.8, 4) is 0 Å².